The number of carbonyl (C=O) groups is 1. The van der Waals surface area contributed by atoms with E-state index in [0.717, 1.165) is 29.7 Å². The predicted molar refractivity (Wildman–Crippen MR) is 104 cm³/mol. The summed E-state index contributed by atoms with van der Waals surface area (Å²) >= 11 is 0. The second-order valence-corrected chi connectivity index (χ2v) is 5.73. The Bertz CT molecular complexity index is 890. The van der Waals surface area contributed by atoms with Gasteiger partial charge in [0.15, 0.2) is 0 Å². The van der Waals surface area contributed by atoms with Gasteiger partial charge in [0.2, 0.25) is 0 Å². The number of amides is 1. The molecule has 0 aliphatic rings. The average molecular weight is 364 g/mol. The molecule has 0 saturated carbocycles. The maximum absolute atomic E-state index is 12.5. The van der Waals surface area contributed by atoms with Gasteiger partial charge in [-0.05, 0) is 36.1 Å². The fraction of sp³-hybridized carbons (Fsp3) is 0.200. The van der Waals surface area contributed by atoms with Gasteiger partial charge in [-0.3, -0.25) is 14.9 Å². The van der Waals surface area contributed by atoms with E-state index in [0.29, 0.717) is 5.69 Å². The minimum absolute atomic E-state index is 0.0361. The molecule has 138 valence electrons. The lowest BCUT2D eigenvalue weighted by atomic mass is 10.0. The number of nitrogens with zero attached hydrogens (tertiary/aromatic N) is 2. The van der Waals surface area contributed by atoms with Crippen LogP contribution in [0.3, 0.4) is 0 Å². The van der Waals surface area contributed by atoms with Crippen LogP contribution in [0.4, 0.5) is 17.1 Å². The van der Waals surface area contributed by atoms with E-state index in [1.54, 1.807) is 0 Å². The highest BCUT2D eigenvalue weighted by Gasteiger charge is 2.14. The lowest BCUT2D eigenvalue weighted by Crippen LogP contribution is -2.17. The summed E-state index contributed by atoms with van der Waals surface area (Å²) in [6.45, 7) is 4.00. The first kappa shape index (κ1) is 19.7. The van der Waals surface area contributed by atoms with Crippen molar-refractivity contribution in [1.29, 1.82) is 5.26 Å². The summed E-state index contributed by atoms with van der Waals surface area (Å²) in [6, 6.07) is 13.4. The highest BCUT2D eigenvalue weighted by molar-refractivity contribution is 6.07. The number of aryl methyl sites for hydroxylation is 2. The van der Waals surface area contributed by atoms with E-state index in [9.17, 15) is 20.2 Å². The standard InChI is InChI=1S/C20H20N4O3/c1-3-14-6-5-7-15(4-2)19(14)23-20(25)16(12-21)13-22-17-8-10-18(11-9-17)24(26)27/h5-11,13,22H,3-4H2,1-2H3,(H,23,25)/b16-13-. The summed E-state index contributed by atoms with van der Waals surface area (Å²) in [6.07, 6.45) is 2.81. The van der Waals surface area contributed by atoms with Gasteiger partial charge >= 0.3 is 0 Å². The van der Waals surface area contributed by atoms with Crippen molar-refractivity contribution in [2.45, 2.75) is 26.7 Å². The predicted octanol–water partition coefficient (Wildman–Crippen LogP) is 4.18. The first-order chi connectivity index (χ1) is 13.0. The summed E-state index contributed by atoms with van der Waals surface area (Å²) in [5.41, 5.74) is 3.15. The van der Waals surface area contributed by atoms with Crippen LogP contribution in [0.2, 0.25) is 0 Å². The number of hydrogen-bond acceptors (Lipinski definition) is 5. The largest absolute Gasteiger partial charge is 0.360 e. The van der Waals surface area contributed by atoms with Crippen molar-refractivity contribution in [3.63, 3.8) is 0 Å². The fourth-order valence-corrected chi connectivity index (χ4v) is 2.57. The van der Waals surface area contributed by atoms with E-state index in [1.165, 1.54) is 30.5 Å². The average Bonchev–Trinajstić information content (AvgIpc) is 2.68. The number of nitrogens with one attached hydrogen (secondary N) is 2. The third-order valence-corrected chi connectivity index (χ3v) is 4.06. The third kappa shape index (κ3) is 4.92. The van der Waals surface area contributed by atoms with Crippen LogP contribution in [-0.4, -0.2) is 10.8 Å². The minimum Gasteiger partial charge on any atom is -0.360 e. The molecule has 0 unspecified atom stereocenters. The number of nitro groups is 1. The molecular weight excluding hydrogens is 344 g/mol. The van der Waals surface area contributed by atoms with Crippen molar-refractivity contribution >= 4 is 23.0 Å². The quantitative estimate of drug-likeness (QED) is 0.332. The summed E-state index contributed by atoms with van der Waals surface area (Å²) in [5, 5.41) is 25.6. The van der Waals surface area contributed by atoms with Gasteiger partial charge in [0.25, 0.3) is 11.6 Å². The number of nitriles is 1. The SMILES string of the molecule is CCc1cccc(CC)c1NC(=O)/C(C#N)=C\Nc1ccc([N+](=O)[O-])cc1. The molecule has 1 amide bonds. The van der Waals surface area contributed by atoms with Gasteiger partial charge < -0.3 is 10.6 Å². The second-order valence-electron chi connectivity index (χ2n) is 5.73. The molecule has 2 N–H and O–H groups in total. The summed E-state index contributed by atoms with van der Waals surface area (Å²) < 4.78 is 0. The molecule has 0 heterocycles. The molecule has 7 heteroatoms. The van der Waals surface area contributed by atoms with Crippen LogP contribution in [0.1, 0.15) is 25.0 Å². The Morgan fingerprint density at radius 2 is 1.74 bits per heavy atom. The molecule has 0 atom stereocenters. The number of nitro benzene ring substituents is 1. The molecule has 2 rings (SSSR count). The minimum atomic E-state index is -0.512. The Balaban J connectivity index is 2.18. The Morgan fingerprint density at radius 3 is 2.22 bits per heavy atom. The number of anilines is 2. The van der Waals surface area contributed by atoms with E-state index in [4.69, 9.17) is 0 Å². The normalized spacial score (nSPS) is 10.8. The number of hydrogen-bond donors (Lipinski definition) is 2. The molecule has 2 aromatic carbocycles. The maximum atomic E-state index is 12.5. The van der Waals surface area contributed by atoms with E-state index < -0.39 is 10.8 Å². The van der Waals surface area contributed by atoms with Crippen molar-refractivity contribution in [2.24, 2.45) is 0 Å². The molecule has 0 aliphatic heterocycles. The summed E-state index contributed by atoms with van der Waals surface area (Å²) in [7, 11) is 0. The van der Waals surface area contributed by atoms with Gasteiger partial charge in [-0.15, -0.1) is 0 Å². The molecule has 0 bridgehead atoms. The Hall–Kier alpha value is -3.66. The Labute approximate surface area is 157 Å². The Morgan fingerprint density at radius 1 is 1.15 bits per heavy atom. The third-order valence-electron chi connectivity index (χ3n) is 4.06. The molecule has 0 aromatic heterocycles. The van der Waals surface area contributed by atoms with Crippen molar-refractivity contribution in [3.05, 3.63) is 75.5 Å². The van der Waals surface area contributed by atoms with E-state index in [-0.39, 0.29) is 11.3 Å². The molecule has 7 nitrogen and oxygen atoms in total. The molecule has 0 saturated heterocycles. The van der Waals surface area contributed by atoms with Crippen molar-refractivity contribution < 1.29 is 9.72 Å². The lowest BCUT2D eigenvalue weighted by Gasteiger charge is -2.14. The van der Waals surface area contributed by atoms with Crippen LogP contribution >= 0.6 is 0 Å². The first-order valence-electron chi connectivity index (χ1n) is 8.53. The zero-order chi connectivity index (χ0) is 19.8. The van der Waals surface area contributed by atoms with Crippen LogP contribution in [0, 0.1) is 21.4 Å². The monoisotopic (exact) mass is 364 g/mol. The van der Waals surface area contributed by atoms with Gasteiger partial charge in [-0.1, -0.05) is 32.0 Å². The fourth-order valence-electron chi connectivity index (χ4n) is 2.57. The van der Waals surface area contributed by atoms with Gasteiger partial charge in [-0.2, -0.15) is 5.26 Å². The van der Waals surface area contributed by atoms with Gasteiger partial charge in [0.05, 0.1) is 4.92 Å². The molecule has 0 spiro atoms. The molecule has 0 aliphatic carbocycles. The number of rotatable bonds is 7. The van der Waals surface area contributed by atoms with Gasteiger partial charge in [-0.25, -0.2) is 0 Å². The highest BCUT2D eigenvalue weighted by atomic mass is 16.6. The topological polar surface area (TPSA) is 108 Å². The van der Waals surface area contributed by atoms with Gasteiger partial charge in [0, 0.05) is 29.7 Å². The Kier molecular flexibility index (Phi) is 6.67. The van der Waals surface area contributed by atoms with E-state index >= 15 is 0 Å². The smallest absolute Gasteiger partial charge is 0.269 e. The van der Waals surface area contributed by atoms with Crippen LogP contribution in [-0.2, 0) is 17.6 Å². The molecule has 0 radical (unpaired) electrons. The van der Waals surface area contributed by atoms with Crippen LogP contribution < -0.4 is 10.6 Å². The van der Waals surface area contributed by atoms with E-state index in [1.807, 2.05) is 38.1 Å². The second kappa shape index (κ2) is 9.15. The van der Waals surface area contributed by atoms with Crippen molar-refractivity contribution in [3.8, 4) is 6.07 Å². The number of non-ortho nitro benzene ring substituents is 1. The van der Waals surface area contributed by atoms with Crippen LogP contribution in [0.25, 0.3) is 0 Å². The zero-order valence-corrected chi connectivity index (χ0v) is 15.2. The summed E-state index contributed by atoms with van der Waals surface area (Å²) in [5.74, 6) is -0.512. The van der Waals surface area contributed by atoms with Gasteiger partial charge in [0.1, 0.15) is 11.6 Å². The first-order valence-corrected chi connectivity index (χ1v) is 8.53. The molecule has 2 aromatic rings. The number of para-hydroxylation sites is 1. The number of carbonyl (C=O) groups excluding carboxylic acids is 1. The maximum Gasteiger partial charge on any atom is 0.269 e. The summed E-state index contributed by atoms with van der Waals surface area (Å²) in [4.78, 5) is 22.7. The number of benzene rings is 2. The zero-order valence-electron chi connectivity index (χ0n) is 15.2. The van der Waals surface area contributed by atoms with Crippen molar-refractivity contribution in [1.82, 2.24) is 0 Å². The molecule has 27 heavy (non-hydrogen) atoms. The molecule has 0 fully saturated rings. The van der Waals surface area contributed by atoms with E-state index in [2.05, 4.69) is 10.6 Å². The lowest BCUT2D eigenvalue weighted by molar-refractivity contribution is -0.384. The van der Waals surface area contributed by atoms with Crippen LogP contribution in [0.5, 0.6) is 0 Å². The highest BCUT2D eigenvalue weighted by Crippen LogP contribution is 2.23. The van der Waals surface area contributed by atoms with Crippen LogP contribution in [0.15, 0.2) is 54.2 Å². The van der Waals surface area contributed by atoms with Crippen molar-refractivity contribution in [2.75, 3.05) is 10.6 Å². The molecular formula is C20H20N4O3.